The zero-order valence-electron chi connectivity index (χ0n) is 15.4. The molecule has 0 radical (unpaired) electrons. The van der Waals surface area contributed by atoms with Gasteiger partial charge in [-0.3, -0.25) is 4.79 Å². The second kappa shape index (κ2) is 7.32. The molecule has 2 heterocycles. The molecule has 1 aromatic carbocycles. The van der Waals surface area contributed by atoms with Gasteiger partial charge in [-0.05, 0) is 56.5 Å². The minimum Gasteiger partial charge on any atom is -0.353 e. The van der Waals surface area contributed by atoms with E-state index in [1.54, 1.807) is 0 Å². The average Bonchev–Trinajstić information content (AvgIpc) is 2.54. The predicted octanol–water partition coefficient (Wildman–Crippen LogP) is 3.93. The van der Waals surface area contributed by atoms with Crippen LogP contribution >= 0.6 is 12.2 Å². The van der Waals surface area contributed by atoms with E-state index in [9.17, 15) is 4.79 Å². The van der Waals surface area contributed by atoms with Crippen molar-refractivity contribution < 1.29 is 4.79 Å². The highest BCUT2D eigenvalue weighted by atomic mass is 32.1. The van der Waals surface area contributed by atoms with Gasteiger partial charge in [0.2, 0.25) is 5.91 Å². The molecule has 0 aromatic heterocycles. The monoisotopic (exact) mass is 359 g/mol. The molecule has 2 saturated heterocycles. The van der Waals surface area contributed by atoms with Crippen LogP contribution in [0.2, 0.25) is 0 Å². The molecule has 2 aliphatic rings. The molecule has 0 saturated carbocycles. The average molecular weight is 360 g/mol. The van der Waals surface area contributed by atoms with Crippen molar-refractivity contribution in [1.29, 1.82) is 0 Å². The molecule has 2 fully saturated rings. The van der Waals surface area contributed by atoms with Gasteiger partial charge in [-0.25, -0.2) is 0 Å². The maximum Gasteiger partial charge on any atom is 0.225 e. The first-order valence-corrected chi connectivity index (χ1v) is 9.71. The fourth-order valence-corrected chi connectivity index (χ4v) is 4.36. The van der Waals surface area contributed by atoms with Crippen molar-refractivity contribution in [3.05, 3.63) is 30.3 Å². The van der Waals surface area contributed by atoms with Crippen molar-refractivity contribution in [3.8, 4) is 0 Å². The van der Waals surface area contributed by atoms with Crippen LogP contribution in [0.25, 0.3) is 0 Å². The highest BCUT2D eigenvalue weighted by Gasteiger charge is 2.40. The van der Waals surface area contributed by atoms with E-state index in [4.69, 9.17) is 12.2 Å². The minimum atomic E-state index is -0.337. The van der Waals surface area contributed by atoms with Gasteiger partial charge in [0.05, 0.1) is 0 Å². The first-order chi connectivity index (χ1) is 11.8. The number of carbonyl (C=O) groups is 1. The molecular weight excluding hydrogens is 330 g/mol. The summed E-state index contributed by atoms with van der Waals surface area (Å²) in [4.78, 5) is 14.7. The lowest BCUT2D eigenvalue weighted by Crippen LogP contribution is -2.60. The van der Waals surface area contributed by atoms with Gasteiger partial charge in [0.1, 0.15) is 0 Å². The first kappa shape index (κ1) is 18.2. The summed E-state index contributed by atoms with van der Waals surface area (Å²) in [6.45, 7) is 5.91. The smallest absolute Gasteiger partial charge is 0.225 e. The summed E-state index contributed by atoms with van der Waals surface area (Å²) in [6, 6.07) is 11.2. The number of anilines is 1. The molecule has 5 heteroatoms. The molecule has 2 N–H and O–H groups in total. The SMILES string of the molecule is CC(C)(C)C(=O)NC1C[C@@H]2CCC[C@@H](C1)N2C(=S)Nc1ccccc1. The van der Waals surface area contributed by atoms with Crippen LogP contribution in [0.1, 0.15) is 52.9 Å². The van der Waals surface area contributed by atoms with E-state index >= 15 is 0 Å². The van der Waals surface area contributed by atoms with E-state index in [0.29, 0.717) is 12.1 Å². The molecule has 1 amide bonds. The van der Waals surface area contributed by atoms with Crippen molar-refractivity contribution in [2.24, 2.45) is 5.41 Å². The zero-order chi connectivity index (χ0) is 18.0. The number of fused-ring (bicyclic) bond motifs is 2. The third-order valence-corrected chi connectivity index (χ3v) is 5.56. The van der Waals surface area contributed by atoms with Crippen molar-refractivity contribution in [3.63, 3.8) is 0 Å². The van der Waals surface area contributed by atoms with Gasteiger partial charge >= 0.3 is 0 Å². The van der Waals surface area contributed by atoms with Crippen LogP contribution in [0.3, 0.4) is 0 Å². The van der Waals surface area contributed by atoms with Gasteiger partial charge in [-0.2, -0.15) is 0 Å². The lowest BCUT2D eigenvalue weighted by atomic mass is 9.81. The molecule has 0 spiro atoms. The number of thiocarbonyl (C=S) groups is 1. The molecule has 2 atom stereocenters. The predicted molar refractivity (Wildman–Crippen MR) is 107 cm³/mol. The number of nitrogens with zero attached hydrogens (tertiary/aromatic N) is 1. The van der Waals surface area contributed by atoms with Crippen molar-refractivity contribution in [2.45, 2.75) is 71.0 Å². The third kappa shape index (κ3) is 4.32. The Bertz CT molecular complexity index is 612. The minimum absolute atomic E-state index is 0.147. The van der Waals surface area contributed by atoms with Crippen LogP contribution in [0.5, 0.6) is 0 Å². The summed E-state index contributed by atoms with van der Waals surface area (Å²) < 4.78 is 0. The number of nitrogens with one attached hydrogen (secondary N) is 2. The number of rotatable bonds is 2. The molecule has 2 aliphatic heterocycles. The largest absolute Gasteiger partial charge is 0.353 e. The molecule has 2 bridgehead atoms. The highest BCUT2D eigenvalue weighted by Crippen LogP contribution is 2.35. The van der Waals surface area contributed by atoms with E-state index in [2.05, 4.69) is 15.5 Å². The number of carbonyl (C=O) groups excluding carboxylic acids is 1. The van der Waals surface area contributed by atoms with Crippen LogP contribution in [0.4, 0.5) is 5.69 Å². The standard InChI is InChI=1S/C20H29N3OS/c1-20(2,3)18(24)21-15-12-16-10-7-11-17(13-15)23(16)19(25)22-14-8-5-4-6-9-14/h4-6,8-9,15-17H,7,10-13H2,1-3H3,(H,21,24)(H,22,25)/t16-,17-/m0/s1. The molecule has 0 unspecified atom stereocenters. The zero-order valence-corrected chi connectivity index (χ0v) is 16.2. The molecule has 136 valence electrons. The number of para-hydroxylation sites is 1. The molecule has 3 rings (SSSR count). The fourth-order valence-electron chi connectivity index (χ4n) is 3.94. The van der Waals surface area contributed by atoms with Gasteiger partial charge in [0.15, 0.2) is 5.11 Å². The normalized spacial score (nSPS) is 26.0. The van der Waals surface area contributed by atoms with E-state index in [0.717, 1.165) is 36.5 Å². The molecule has 25 heavy (non-hydrogen) atoms. The Labute approximate surface area is 156 Å². The van der Waals surface area contributed by atoms with Crippen LogP contribution in [0.15, 0.2) is 30.3 Å². The van der Waals surface area contributed by atoms with Crippen molar-refractivity contribution in [2.75, 3.05) is 5.32 Å². The number of benzene rings is 1. The van der Waals surface area contributed by atoms with Crippen LogP contribution in [0, 0.1) is 5.41 Å². The molecule has 0 aliphatic carbocycles. The van der Waals surface area contributed by atoms with Gasteiger partial charge in [0, 0.05) is 29.2 Å². The number of amides is 1. The van der Waals surface area contributed by atoms with Crippen LogP contribution in [-0.4, -0.2) is 34.0 Å². The quantitative estimate of drug-likeness (QED) is 0.785. The number of hydrogen-bond acceptors (Lipinski definition) is 2. The van der Waals surface area contributed by atoms with Gasteiger partial charge < -0.3 is 15.5 Å². The lowest BCUT2D eigenvalue weighted by molar-refractivity contribution is -0.129. The Hall–Kier alpha value is -1.62. The summed E-state index contributed by atoms with van der Waals surface area (Å²) in [5.41, 5.74) is 0.699. The van der Waals surface area contributed by atoms with E-state index < -0.39 is 0 Å². The first-order valence-electron chi connectivity index (χ1n) is 9.30. The number of hydrogen-bond donors (Lipinski definition) is 2. The maximum atomic E-state index is 12.3. The van der Waals surface area contributed by atoms with E-state index in [-0.39, 0.29) is 17.4 Å². The Balaban J connectivity index is 1.66. The van der Waals surface area contributed by atoms with Crippen LogP contribution in [-0.2, 0) is 4.79 Å². The summed E-state index contributed by atoms with van der Waals surface area (Å²) in [5.74, 6) is 0.147. The molecular formula is C20H29N3OS. The second-order valence-electron chi connectivity index (χ2n) is 8.33. The van der Waals surface area contributed by atoms with E-state index in [1.807, 2.05) is 51.1 Å². The topological polar surface area (TPSA) is 44.4 Å². The van der Waals surface area contributed by atoms with Gasteiger partial charge in [-0.1, -0.05) is 39.0 Å². The molecule has 4 nitrogen and oxygen atoms in total. The lowest BCUT2D eigenvalue weighted by Gasteiger charge is -2.50. The van der Waals surface area contributed by atoms with E-state index in [1.165, 1.54) is 6.42 Å². The summed E-state index contributed by atoms with van der Waals surface area (Å²) in [6.07, 6.45) is 5.51. The third-order valence-electron chi connectivity index (χ3n) is 5.25. The second-order valence-corrected chi connectivity index (χ2v) is 8.72. The van der Waals surface area contributed by atoms with Gasteiger partial charge in [0.25, 0.3) is 0 Å². The Morgan fingerprint density at radius 3 is 2.28 bits per heavy atom. The highest BCUT2D eigenvalue weighted by molar-refractivity contribution is 7.80. The fraction of sp³-hybridized carbons (Fsp3) is 0.600. The van der Waals surface area contributed by atoms with Gasteiger partial charge in [-0.15, -0.1) is 0 Å². The Morgan fingerprint density at radius 2 is 1.72 bits per heavy atom. The Morgan fingerprint density at radius 1 is 1.12 bits per heavy atom. The van der Waals surface area contributed by atoms with Crippen LogP contribution < -0.4 is 10.6 Å². The van der Waals surface area contributed by atoms with Crippen molar-refractivity contribution in [1.82, 2.24) is 10.2 Å². The summed E-state index contributed by atoms with van der Waals surface area (Å²) in [5, 5.41) is 7.48. The number of piperidine rings is 2. The maximum absolute atomic E-state index is 12.3. The Kier molecular flexibility index (Phi) is 5.32. The van der Waals surface area contributed by atoms with Crippen molar-refractivity contribution >= 4 is 28.9 Å². The summed E-state index contributed by atoms with van der Waals surface area (Å²) >= 11 is 5.72. The molecule has 1 aromatic rings. The summed E-state index contributed by atoms with van der Waals surface area (Å²) in [7, 11) is 0.